The van der Waals surface area contributed by atoms with Crippen LogP contribution in [0.2, 0.25) is 0 Å². The van der Waals surface area contributed by atoms with Crippen LogP contribution in [0.15, 0.2) is 16.1 Å². The molecule has 0 spiro atoms. The Bertz CT molecular complexity index is 687. The second-order valence-corrected chi connectivity index (χ2v) is 6.34. The third-order valence-corrected chi connectivity index (χ3v) is 4.53. The van der Waals surface area contributed by atoms with Crippen LogP contribution >= 0.6 is 22.6 Å². The van der Waals surface area contributed by atoms with Crippen LogP contribution in [0.5, 0.6) is 5.88 Å². The quantitative estimate of drug-likeness (QED) is 0.249. The number of azide groups is 1. The summed E-state index contributed by atoms with van der Waals surface area (Å²) in [6.45, 7) is 5.46. The van der Waals surface area contributed by atoms with Gasteiger partial charge in [0.15, 0.2) is 5.72 Å². The molecule has 0 radical (unpaired) electrons. The zero-order chi connectivity index (χ0) is 17.2. The summed E-state index contributed by atoms with van der Waals surface area (Å²) in [4.78, 5) is 18.9. The van der Waals surface area contributed by atoms with Crippen LogP contribution in [-0.2, 0) is 4.74 Å². The van der Waals surface area contributed by atoms with E-state index >= 15 is 0 Å². The topological polar surface area (TPSA) is 122 Å². The van der Waals surface area contributed by atoms with E-state index in [1.807, 2.05) is 36.4 Å². The molecule has 0 aromatic carbocycles. The third kappa shape index (κ3) is 3.60. The molecule has 23 heavy (non-hydrogen) atoms. The molecular formula is C13H18IN5O4. The van der Waals surface area contributed by atoms with Crippen LogP contribution in [0.25, 0.3) is 10.4 Å². The largest absolute Gasteiger partial charge is 0.475 e. The van der Waals surface area contributed by atoms with Crippen molar-refractivity contribution in [3.63, 3.8) is 0 Å². The van der Waals surface area contributed by atoms with E-state index < -0.39 is 23.7 Å². The summed E-state index contributed by atoms with van der Waals surface area (Å²) < 4.78 is 12.7. The number of hydrogen-bond acceptors (Lipinski definition) is 6. The first-order valence-corrected chi connectivity index (χ1v) is 8.60. The molecule has 2 heterocycles. The Morgan fingerprint density at radius 3 is 3.00 bits per heavy atom. The van der Waals surface area contributed by atoms with Crippen LogP contribution < -0.4 is 10.4 Å². The Labute approximate surface area is 146 Å². The van der Waals surface area contributed by atoms with Crippen molar-refractivity contribution in [1.29, 1.82) is 0 Å². The van der Waals surface area contributed by atoms with Crippen molar-refractivity contribution >= 4 is 22.6 Å². The maximum atomic E-state index is 12.2. The van der Waals surface area contributed by atoms with E-state index in [1.54, 1.807) is 13.1 Å². The number of rotatable bonds is 5. The fraction of sp³-hybridized carbons (Fsp3) is 0.692. The van der Waals surface area contributed by atoms with Gasteiger partial charge in [0.2, 0.25) is 5.88 Å². The van der Waals surface area contributed by atoms with Gasteiger partial charge < -0.3 is 14.6 Å². The number of nitrogens with zero attached hydrogens (tertiary/aromatic N) is 5. The third-order valence-electron chi connectivity index (χ3n) is 3.44. The minimum atomic E-state index is -1.37. The molecule has 9 nitrogen and oxygen atoms in total. The van der Waals surface area contributed by atoms with Gasteiger partial charge in [0.05, 0.1) is 12.2 Å². The lowest BCUT2D eigenvalue weighted by Crippen LogP contribution is -2.38. The highest BCUT2D eigenvalue weighted by atomic mass is 127. The Morgan fingerprint density at radius 1 is 1.74 bits per heavy atom. The van der Waals surface area contributed by atoms with Crippen molar-refractivity contribution in [1.82, 2.24) is 9.55 Å². The summed E-state index contributed by atoms with van der Waals surface area (Å²) in [6.07, 6.45) is -0.147. The number of aliphatic hydroxyl groups excluding tert-OH is 1. The molecular weight excluding hydrogens is 417 g/mol. The number of halogens is 1. The first-order chi connectivity index (χ1) is 10.8. The Morgan fingerprint density at radius 2 is 2.43 bits per heavy atom. The molecule has 1 fully saturated rings. The van der Waals surface area contributed by atoms with Crippen molar-refractivity contribution in [3.8, 4) is 5.88 Å². The maximum absolute atomic E-state index is 12.2. The van der Waals surface area contributed by atoms with Gasteiger partial charge in [-0.2, -0.15) is 4.98 Å². The van der Waals surface area contributed by atoms with Crippen LogP contribution in [0.4, 0.5) is 0 Å². The lowest BCUT2D eigenvalue weighted by molar-refractivity contribution is -0.0820. The number of aromatic nitrogens is 2. The number of aryl methyl sites for hydroxylation is 1. The van der Waals surface area contributed by atoms with Gasteiger partial charge in [0.1, 0.15) is 6.23 Å². The average Bonchev–Trinajstić information content (AvgIpc) is 2.80. The van der Waals surface area contributed by atoms with E-state index in [4.69, 9.17) is 15.0 Å². The van der Waals surface area contributed by atoms with Crippen molar-refractivity contribution in [2.45, 2.75) is 51.4 Å². The first-order valence-electron chi connectivity index (χ1n) is 7.07. The summed E-state index contributed by atoms with van der Waals surface area (Å²) in [6, 6.07) is 0. The Kier molecular flexibility index (Phi) is 5.50. The molecule has 0 unspecified atom stereocenters. The summed E-state index contributed by atoms with van der Waals surface area (Å²) >= 11 is 1.97. The van der Waals surface area contributed by atoms with Crippen LogP contribution in [0, 0.1) is 6.92 Å². The van der Waals surface area contributed by atoms with E-state index in [1.165, 1.54) is 4.57 Å². The molecule has 0 bridgehead atoms. The number of alkyl halides is 1. The zero-order valence-corrected chi connectivity index (χ0v) is 15.2. The predicted molar refractivity (Wildman–Crippen MR) is 90.5 cm³/mol. The SMILES string of the molecule is Cc1cn([C@@H]2C[C@H](O)[C@](CI)(N=[N+]=[N-])O2)c(=O)nc1OC(C)C. The molecule has 1 aliphatic heterocycles. The second-order valence-electron chi connectivity index (χ2n) is 5.58. The van der Waals surface area contributed by atoms with E-state index in [0.717, 1.165) is 0 Å². The molecule has 1 aromatic heterocycles. The fourth-order valence-electron chi connectivity index (χ4n) is 2.32. The Balaban J connectivity index is 2.35. The molecule has 1 aromatic rings. The van der Waals surface area contributed by atoms with Gasteiger partial charge in [0.25, 0.3) is 0 Å². The van der Waals surface area contributed by atoms with Crippen molar-refractivity contribution in [2.24, 2.45) is 5.11 Å². The molecule has 0 aliphatic carbocycles. The Hall–Kier alpha value is -1.36. The lowest BCUT2D eigenvalue weighted by Gasteiger charge is -2.24. The molecule has 0 amide bonds. The van der Waals surface area contributed by atoms with Crippen LogP contribution in [0.1, 0.15) is 32.1 Å². The molecule has 3 atom stereocenters. The summed E-state index contributed by atoms with van der Waals surface area (Å²) in [5.41, 5.74) is 7.43. The standard InChI is InChI=1S/C13H18IN5O4/c1-7(2)22-11-8(3)5-19(12(21)16-11)10-4-9(20)13(6-14,23-10)17-18-15/h5,7,9-10,20H,4,6H2,1-3H3/t9-,10-,13+/m0/s1. The van der Waals surface area contributed by atoms with E-state index in [-0.39, 0.29) is 22.8 Å². The molecule has 0 saturated carbocycles. The van der Waals surface area contributed by atoms with Crippen molar-refractivity contribution in [3.05, 3.63) is 32.7 Å². The average molecular weight is 435 g/mol. The zero-order valence-electron chi connectivity index (χ0n) is 13.0. The lowest BCUT2D eigenvalue weighted by atomic mass is 10.1. The number of hydrogen-bond donors (Lipinski definition) is 1. The molecule has 10 heteroatoms. The molecule has 2 rings (SSSR count). The molecule has 1 aliphatic rings. The minimum absolute atomic E-state index is 0.0994. The summed E-state index contributed by atoms with van der Waals surface area (Å²) in [7, 11) is 0. The van der Waals surface area contributed by atoms with Gasteiger partial charge in [-0.15, -0.1) is 0 Å². The van der Waals surface area contributed by atoms with Gasteiger partial charge in [-0.3, -0.25) is 4.57 Å². The summed E-state index contributed by atoms with van der Waals surface area (Å²) in [5, 5.41) is 13.8. The predicted octanol–water partition coefficient (Wildman–Crippen LogP) is 2.06. The van der Waals surface area contributed by atoms with Crippen LogP contribution in [-0.4, -0.2) is 37.0 Å². The normalized spacial score (nSPS) is 27.0. The van der Waals surface area contributed by atoms with Gasteiger partial charge in [-0.25, -0.2) is 4.79 Å². The molecule has 1 saturated heterocycles. The molecule has 126 valence electrons. The van der Waals surface area contributed by atoms with Gasteiger partial charge in [-0.1, -0.05) is 27.7 Å². The van der Waals surface area contributed by atoms with E-state index in [2.05, 4.69) is 15.0 Å². The van der Waals surface area contributed by atoms with Crippen molar-refractivity contribution in [2.75, 3.05) is 4.43 Å². The fourth-order valence-corrected chi connectivity index (χ4v) is 3.16. The monoisotopic (exact) mass is 435 g/mol. The van der Waals surface area contributed by atoms with E-state index in [0.29, 0.717) is 5.56 Å². The maximum Gasteiger partial charge on any atom is 0.352 e. The highest BCUT2D eigenvalue weighted by molar-refractivity contribution is 14.1. The smallest absolute Gasteiger partial charge is 0.352 e. The van der Waals surface area contributed by atoms with Crippen LogP contribution in [0.3, 0.4) is 0 Å². The van der Waals surface area contributed by atoms with Gasteiger partial charge in [0, 0.05) is 27.5 Å². The number of aliphatic hydroxyl groups is 1. The second kappa shape index (κ2) is 7.04. The van der Waals surface area contributed by atoms with Crippen molar-refractivity contribution < 1.29 is 14.6 Å². The van der Waals surface area contributed by atoms with E-state index in [9.17, 15) is 9.90 Å². The highest BCUT2D eigenvalue weighted by Gasteiger charge is 2.48. The van der Waals surface area contributed by atoms with Gasteiger partial charge >= 0.3 is 5.69 Å². The first kappa shape index (κ1) is 18.0. The number of ether oxygens (including phenoxy) is 2. The highest BCUT2D eigenvalue weighted by Crippen LogP contribution is 2.39. The minimum Gasteiger partial charge on any atom is -0.475 e. The summed E-state index contributed by atoms with van der Waals surface area (Å²) in [5.74, 6) is 0.273. The molecule has 1 N–H and O–H groups in total. The van der Waals surface area contributed by atoms with Gasteiger partial charge in [-0.05, 0) is 26.3 Å².